The summed E-state index contributed by atoms with van der Waals surface area (Å²) in [7, 11) is 0. The van der Waals surface area contributed by atoms with Crippen LogP contribution in [-0.4, -0.2) is 23.5 Å². The zero-order chi connectivity index (χ0) is 8.69. The molecule has 0 spiro atoms. The van der Waals surface area contributed by atoms with Gasteiger partial charge in [-0.3, -0.25) is 10.7 Å². The molecule has 0 aromatic heterocycles. The number of rotatable bonds is 2. The second-order valence-corrected chi connectivity index (χ2v) is 3.02. The van der Waals surface area contributed by atoms with Crippen LogP contribution >= 0.6 is 11.8 Å². The number of carbonyl (C=O) groups excluding carboxylic acids is 1. The van der Waals surface area contributed by atoms with Gasteiger partial charge in [0.25, 0.3) is 0 Å². The average Bonchev–Trinajstić information content (AvgIpc) is 1.87. The van der Waals surface area contributed by atoms with Gasteiger partial charge in [-0.2, -0.15) is 0 Å². The summed E-state index contributed by atoms with van der Waals surface area (Å²) in [6.07, 6.45) is 0. The quantitative estimate of drug-likeness (QED) is 0.433. The fourth-order valence-electron chi connectivity index (χ4n) is 0.488. The van der Waals surface area contributed by atoms with Crippen molar-refractivity contribution in [1.82, 2.24) is 10.6 Å². The number of carbonyl (C=O) groups is 1. The molecule has 5 heteroatoms. The highest BCUT2D eigenvalue weighted by Crippen LogP contribution is 1.96. The first-order chi connectivity index (χ1) is 5.20. The van der Waals surface area contributed by atoms with Crippen molar-refractivity contribution in [3.05, 3.63) is 0 Å². The van der Waals surface area contributed by atoms with Crippen LogP contribution in [0.2, 0.25) is 0 Å². The average molecular weight is 175 g/mol. The Kier molecular flexibility index (Phi) is 5.64. The second kappa shape index (κ2) is 6.03. The first-order valence-corrected chi connectivity index (χ1v) is 4.45. The van der Waals surface area contributed by atoms with Crippen LogP contribution in [0.25, 0.3) is 0 Å². The van der Waals surface area contributed by atoms with Crippen LogP contribution in [0.1, 0.15) is 13.8 Å². The van der Waals surface area contributed by atoms with Crippen LogP contribution in [0.5, 0.6) is 0 Å². The molecule has 0 atom stereocenters. The Hall–Kier alpha value is -0.710. The summed E-state index contributed by atoms with van der Waals surface area (Å²) in [6.45, 7) is 4.34. The van der Waals surface area contributed by atoms with Gasteiger partial charge >= 0.3 is 6.03 Å². The largest absolute Gasteiger partial charge is 0.338 e. The first kappa shape index (κ1) is 10.3. The minimum Gasteiger partial charge on any atom is -0.338 e. The van der Waals surface area contributed by atoms with Crippen LogP contribution in [0, 0.1) is 5.41 Å². The summed E-state index contributed by atoms with van der Waals surface area (Å²) in [5, 5.41) is 12.3. The molecule has 0 rings (SSSR count). The summed E-state index contributed by atoms with van der Waals surface area (Å²) in [5.41, 5.74) is 0. The van der Waals surface area contributed by atoms with Gasteiger partial charge in [0.15, 0.2) is 5.17 Å². The van der Waals surface area contributed by atoms with Gasteiger partial charge in [0.2, 0.25) is 0 Å². The SMILES string of the molecule is CCNC(=O)NC(=N)SCC. The van der Waals surface area contributed by atoms with Crippen molar-refractivity contribution >= 4 is 23.0 Å². The number of thioether (sulfide) groups is 1. The summed E-state index contributed by atoms with van der Waals surface area (Å²) in [6, 6.07) is -0.307. The molecular formula is C6H13N3OS. The van der Waals surface area contributed by atoms with Crippen molar-refractivity contribution in [2.24, 2.45) is 0 Å². The van der Waals surface area contributed by atoms with Crippen molar-refractivity contribution < 1.29 is 4.79 Å². The normalized spacial score (nSPS) is 8.91. The molecule has 11 heavy (non-hydrogen) atoms. The summed E-state index contributed by atoms with van der Waals surface area (Å²) >= 11 is 1.30. The highest BCUT2D eigenvalue weighted by Gasteiger charge is 2.00. The van der Waals surface area contributed by atoms with E-state index < -0.39 is 0 Å². The molecule has 0 radical (unpaired) electrons. The molecule has 4 nitrogen and oxygen atoms in total. The minimum atomic E-state index is -0.307. The van der Waals surface area contributed by atoms with Gasteiger partial charge in [-0.1, -0.05) is 18.7 Å². The lowest BCUT2D eigenvalue weighted by Gasteiger charge is -2.04. The number of hydrogen-bond donors (Lipinski definition) is 3. The van der Waals surface area contributed by atoms with Gasteiger partial charge in [0.1, 0.15) is 0 Å². The molecular weight excluding hydrogens is 162 g/mol. The minimum absolute atomic E-state index is 0.193. The number of urea groups is 1. The van der Waals surface area contributed by atoms with Gasteiger partial charge in [-0.05, 0) is 12.7 Å². The third kappa shape index (κ3) is 5.72. The van der Waals surface area contributed by atoms with E-state index in [4.69, 9.17) is 5.41 Å². The Balaban J connectivity index is 3.49. The number of amidine groups is 1. The lowest BCUT2D eigenvalue weighted by atomic mass is 10.7. The van der Waals surface area contributed by atoms with Crippen molar-refractivity contribution in [1.29, 1.82) is 5.41 Å². The predicted octanol–water partition coefficient (Wildman–Crippen LogP) is 0.993. The zero-order valence-electron chi connectivity index (χ0n) is 6.73. The molecule has 0 aliphatic heterocycles. The maximum atomic E-state index is 10.8. The fourth-order valence-corrected chi connectivity index (χ4v) is 0.942. The van der Waals surface area contributed by atoms with Crippen LogP contribution < -0.4 is 10.6 Å². The molecule has 0 saturated heterocycles. The molecule has 0 saturated carbocycles. The van der Waals surface area contributed by atoms with E-state index in [9.17, 15) is 4.79 Å². The van der Waals surface area contributed by atoms with E-state index in [0.717, 1.165) is 5.75 Å². The molecule has 3 N–H and O–H groups in total. The zero-order valence-corrected chi connectivity index (χ0v) is 7.55. The highest BCUT2D eigenvalue weighted by atomic mass is 32.2. The second-order valence-electron chi connectivity index (χ2n) is 1.75. The topological polar surface area (TPSA) is 65.0 Å². The lowest BCUT2D eigenvalue weighted by Crippen LogP contribution is -2.37. The number of amides is 2. The van der Waals surface area contributed by atoms with E-state index in [1.54, 1.807) is 0 Å². The van der Waals surface area contributed by atoms with E-state index >= 15 is 0 Å². The summed E-state index contributed by atoms with van der Waals surface area (Å²) < 4.78 is 0. The monoisotopic (exact) mass is 175 g/mol. The van der Waals surface area contributed by atoms with Gasteiger partial charge in [-0.15, -0.1) is 0 Å². The van der Waals surface area contributed by atoms with E-state index in [0.29, 0.717) is 6.54 Å². The number of hydrogen-bond acceptors (Lipinski definition) is 3. The molecule has 0 unspecified atom stereocenters. The Morgan fingerprint density at radius 1 is 1.55 bits per heavy atom. The Labute approximate surface area is 70.6 Å². The molecule has 0 aromatic rings. The van der Waals surface area contributed by atoms with Crippen LogP contribution in [0.15, 0.2) is 0 Å². The summed E-state index contributed by atoms with van der Waals surface area (Å²) in [4.78, 5) is 10.8. The molecule has 64 valence electrons. The van der Waals surface area contributed by atoms with E-state index in [1.165, 1.54) is 11.8 Å². The van der Waals surface area contributed by atoms with Gasteiger partial charge in [0.05, 0.1) is 0 Å². The third-order valence-electron chi connectivity index (χ3n) is 0.853. The van der Waals surface area contributed by atoms with E-state index in [1.807, 2.05) is 13.8 Å². The lowest BCUT2D eigenvalue weighted by molar-refractivity contribution is 0.246. The molecule has 0 aliphatic carbocycles. The highest BCUT2D eigenvalue weighted by molar-refractivity contribution is 8.13. The molecule has 0 aliphatic rings. The summed E-state index contributed by atoms with van der Waals surface area (Å²) in [5.74, 6) is 0.797. The van der Waals surface area contributed by atoms with Gasteiger partial charge in [-0.25, -0.2) is 4.79 Å². The van der Waals surface area contributed by atoms with E-state index in [2.05, 4.69) is 10.6 Å². The van der Waals surface area contributed by atoms with Gasteiger partial charge < -0.3 is 5.32 Å². The molecule has 0 aromatic carbocycles. The fraction of sp³-hybridized carbons (Fsp3) is 0.667. The van der Waals surface area contributed by atoms with Gasteiger partial charge in [0, 0.05) is 6.54 Å². The van der Waals surface area contributed by atoms with Crippen molar-refractivity contribution in [2.75, 3.05) is 12.3 Å². The standard InChI is InChI=1S/C6H13N3OS/c1-3-8-6(10)9-5(7)11-4-2/h3-4H2,1-2H3,(H3,7,8,9,10). The Bertz CT molecular complexity index is 133. The van der Waals surface area contributed by atoms with Crippen LogP contribution in [0.4, 0.5) is 4.79 Å². The smallest absolute Gasteiger partial charge is 0.320 e. The van der Waals surface area contributed by atoms with Crippen LogP contribution in [-0.2, 0) is 0 Å². The maximum absolute atomic E-state index is 10.8. The Morgan fingerprint density at radius 3 is 2.64 bits per heavy atom. The molecule has 0 heterocycles. The maximum Gasteiger partial charge on any atom is 0.320 e. The predicted molar refractivity (Wildman–Crippen MR) is 48.1 cm³/mol. The molecule has 2 amide bonds. The molecule has 0 fully saturated rings. The number of nitrogens with one attached hydrogen (secondary N) is 3. The third-order valence-corrected chi connectivity index (χ3v) is 1.53. The van der Waals surface area contributed by atoms with E-state index in [-0.39, 0.29) is 11.2 Å². The van der Waals surface area contributed by atoms with Crippen molar-refractivity contribution in [3.63, 3.8) is 0 Å². The Morgan fingerprint density at radius 2 is 2.18 bits per heavy atom. The first-order valence-electron chi connectivity index (χ1n) is 3.46. The van der Waals surface area contributed by atoms with Crippen molar-refractivity contribution in [2.45, 2.75) is 13.8 Å². The van der Waals surface area contributed by atoms with Crippen LogP contribution in [0.3, 0.4) is 0 Å². The van der Waals surface area contributed by atoms with Crippen molar-refractivity contribution in [3.8, 4) is 0 Å². The molecule has 0 bridgehead atoms.